The van der Waals surface area contributed by atoms with Crippen LogP contribution >= 0.6 is 0 Å². The number of nitrogens with zero attached hydrogens (tertiary/aromatic N) is 6. The molecule has 0 radical (unpaired) electrons. The number of aryl methyl sites for hydroxylation is 1. The predicted octanol–water partition coefficient (Wildman–Crippen LogP) is 1.94. The molecule has 0 spiro atoms. The van der Waals surface area contributed by atoms with Crippen LogP contribution in [0.5, 0.6) is 0 Å². The lowest BCUT2D eigenvalue weighted by molar-refractivity contribution is 0.189. The Morgan fingerprint density at radius 1 is 1.32 bits per heavy atom. The molecule has 1 fully saturated rings. The first kappa shape index (κ1) is 15.8. The molecule has 0 bridgehead atoms. The van der Waals surface area contributed by atoms with Crippen LogP contribution in [0, 0.1) is 0 Å². The van der Waals surface area contributed by atoms with Gasteiger partial charge in [-0.05, 0) is 25.0 Å². The second-order valence-corrected chi connectivity index (χ2v) is 6.38. The first-order valence-electron chi connectivity index (χ1n) is 8.47. The van der Waals surface area contributed by atoms with Gasteiger partial charge in [-0.3, -0.25) is 9.58 Å². The summed E-state index contributed by atoms with van der Waals surface area (Å²) in [6.45, 7) is 2.81. The Balaban J connectivity index is 1.29. The van der Waals surface area contributed by atoms with Gasteiger partial charge in [-0.2, -0.15) is 10.2 Å². The van der Waals surface area contributed by atoms with E-state index in [2.05, 4.69) is 30.7 Å². The quantitative estimate of drug-likeness (QED) is 0.760. The van der Waals surface area contributed by atoms with E-state index in [-0.39, 0.29) is 0 Å². The van der Waals surface area contributed by atoms with Crippen molar-refractivity contribution in [3.63, 3.8) is 0 Å². The smallest absolute Gasteiger partial charge is 0.151 e. The highest BCUT2D eigenvalue weighted by Crippen LogP contribution is 2.21. The molecule has 1 N–H and O–H groups in total. The third-order valence-electron chi connectivity index (χ3n) is 4.45. The largest absolute Gasteiger partial charge is 0.366 e. The van der Waals surface area contributed by atoms with E-state index in [1.165, 1.54) is 0 Å². The first-order chi connectivity index (χ1) is 12.3. The summed E-state index contributed by atoms with van der Waals surface area (Å²) in [6, 6.07) is 6.29. The van der Waals surface area contributed by atoms with Gasteiger partial charge in [0.25, 0.3) is 0 Å². The molecule has 3 aromatic rings. The molecule has 0 aromatic carbocycles. The van der Waals surface area contributed by atoms with Gasteiger partial charge in [0.1, 0.15) is 11.5 Å². The molecule has 0 saturated carbocycles. The molecule has 0 amide bonds. The maximum Gasteiger partial charge on any atom is 0.151 e. The second-order valence-electron chi connectivity index (χ2n) is 6.38. The highest BCUT2D eigenvalue weighted by atomic mass is 16.5. The number of nitrogens with one attached hydrogen (secondary N) is 1. The van der Waals surface area contributed by atoms with Crippen LogP contribution in [0.1, 0.15) is 18.6 Å². The molecule has 1 aliphatic heterocycles. The summed E-state index contributed by atoms with van der Waals surface area (Å²) in [5.41, 5.74) is 1.81. The van der Waals surface area contributed by atoms with Crippen LogP contribution in [0.15, 0.2) is 41.3 Å². The molecule has 3 aromatic heterocycles. The average Bonchev–Trinajstić information content (AvgIpc) is 3.27. The summed E-state index contributed by atoms with van der Waals surface area (Å²) < 4.78 is 7.25. The Kier molecular flexibility index (Phi) is 4.43. The fourth-order valence-electron chi connectivity index (χ4n) is 3.12. The number of hydrogen-bond donors (Lipinski definition) is 1. The first-order valence-corrected chi connectivity index (χ1v) is 8.47. The monoisotopic (exact) mass is 339 g/mol. The van der Waals surface area contributed by atoms with E-state index >= 15 is 0 Å². The fraction of sp³-hybridized carbons (Fsp3) is 0.412. The standard InChI is InChI=1S/C17H21N7O/c1-23-11-13(10-19-23)16-9-15(25-22-16)12-24-7-4-14(5-8-24)20-17-3-2-6-18-21-17/h2-3,6,9-11,14H,4-5,7-8,12H2,1H3,(H,20,21). The average molecular weight is 339 g/mol. The van der Waals surface area contributed by atoms with E-state index < -0.39 is 0 Å². The minimum atomic E-state index is 0.439. The minimum absolute atomic E-state index is 0.439. The Morgan fingerprint density at radius 3 is 2.92 bits per heavy atom. The molecular formula is C17H21N7O. The van der Waals surface area contributed by atoms with Crippen molar-refractivity contribution >= 4 is 5.82 Å². The minimum Gasteiger partial charge on any atom is -0.366 e. The van der Waals surface area contributed by atoms with Gasteiger partial charge in [-0.15, -0.1) is 5.10 Å². The molecule has 0 aliphatic carbocycles. The lowest BCUT2D eigenvalue weighted by Gasteiger charge is -2.31. The van der Waals surface area contributed by atoms with Crippen molar-refractivity contribution in [1.29, 1.82) is 0 Å². The molecular weight excluding hydrogens is 318 g/mol. The summed E-state index contributed by atoms with van der Waals surface area (Å²) in [7, 11) is 1.89. The van der Waals surface area contributed by atoms with Gasteiger partial charge in [0, 0.05) is 50.2 Å². The summed E-state index contributed by atoms with van der Waals surface area (Å²) in [6.07, 6.45) is 7.56. The molecule has 8 heteroatoms. The number of likely N-dealkylation sites (tertiary alicyclic amines) is 1. The summed E-state index contributed by atoms with van der Waals surface area (Å²) in [5, 5.41) is 19.8. The van der Waals surface area contributed by atoms with E-state index in [0.717, 1.165) is 55.3 Å². The number of aromatic nitrogens is 5. The zero-order valence-corrected chi connectivity index (χ0v) is 14.2. The van der Waals surface area contributed by atoms with Crippen molar-refractivity contribution in [1.82, 2.24) is 30.0 Å². The maximum atomic E-state index is 5.49. The van der Waals surface area contributed by atoms with Gasteiger partial charge in [0.15, 0.2) is 5.76 Å². The van der Waals surface area contributed by atoms with E-state index in [1.54, 1.807) is 17.1 Å². The molecule has 0 atom stereocenters. The number of anilines is 1. The van der Waals surface area contributed by atoms with Gasteiger partial charge in [-0.1, -0.05) is 5.16 Å². The van der Waals surface area contributed by atoms with Crippen LogP contribution in [-0.2, 0) is 13.6 Å². The summed E-state index contributed by atoms with van der Waals surface area (Å²) in [5.74, 6) is 1.73. The van der Waals surface area contributed by atoms with Gasteiger partial charge in [-0.25, -0.2) is 0 Å². The normalized spacial score (nSPS) is 16.2. The van der Waals surface area contributed by atoms with Crippen molar-refractivity contribution in [2.24, 2.45) is 7.05 Å². The maximum absolute atomic E-state index is 5.49. The van der Waals surface area contributed by atoms with Crippen LogP contribution < -0.4 is 5.32 Å². The van der Waals surface area contributed by atoms with Crippen molar-refractivity contribution in [3.05, 3.63) is 42.5 Å². The topological polar surface area (TPSA) is 84.9 Å². The Morgan fingerprint density at radius 2 is 2.20 bits per heavy atom. The molecule has 0 unspecified atom stereocenters. The van der Waals surface area contributed by atoms with Gasteiger partial charge < -0.3 is 9.84 Å². The molecule has 1 saturated heterocycles. The third-order valence-corrected chi connectivity index (χ3v) is 4.45. The number of hydrogen-bond acceptors (Lipinski definition) is 7. The van der Waals surface area contributed by atoms with E-state index in [1.807, 2.05) is 31.4 Å². The van der Waals surface area contributed by atoms with Crippen LogP contribution in [0.2, 0.25) is 0 Å². The van der Waals surface area contributed by atoms with Crippen molar-refractivity contribution < 1.29 is 4.52 Å². The second kappa shape index (κ2) is 7.02. The Bertz CT molecular complexity index is 805. The SMILES string of the molecule is Cn1cc(-c2cc(CN3CCC(Nc4cccnn4)CC3)on2)cn1. The molecule has 4 rings (SSSR count). The van der Waals surface area contributed by atoms with Gasteiger partial charge in [0.2, 0.25) is 0 Å². The molecule has 25 heavy (non-hydrogen) atoms. The Hall–Kier alpha value is -2.74. The van der Waals surface area contributed by atoms with Gasteiger partial charge >= 0.3 is 0 Å². The fourth-order valence-corrected chi connectivity index (χ4v) is 3.12. The lowest BCUT2D eigenvalue weighted by atomic mass is 10.0. The number of rotatable bonds is 5. The lowest BCUT2D eigenvalue weighted by Crippen LogP contribution is -2.38. The van der Waals surface area contributed by atoms with Gasteiger partial charge in [0.05, 0.1) is 12.7 Å². The highest BCUT2D eigenvalue weighted by molar-refractivity contribution is 5.56. The Labute approximate surface area is 145 Å². The predicted molar refractivity (Wildman–Crippen MR) is 92.7 cm³/mol. The van der Waals surface area contributed by atoms with Crippen molar-refractivity contribution in [3.8, 4) is 11.3 Å². The summed E-state index contributed by atoms with van der Waals surface area (Å²) >= 11 is 0. The third kappa shape index (κ3) is 3.85. The highest BCUT2D eigenvalue weighted by Gasteiger charge is 2.21. The van der Waals surface area contributed by atoms with Crippen LogP contribution in [0.3, 0.4) is 0 Å². The van der Waals surface area contributed by atoms with Crippen molar-refractivity contribution in [2.75, 3.05) is 18.4 Å². The van der Waals surface area contributed by atoms with Crippen LogP contribution in [0.4, 0.5) is 5.82 Å². The number of piperidine rings is 1. The van der Waals surface area contributed by atoms with E-state index in [4.69, 9.17) is 4.52 Å². The van der Waals surface area contributed by atoms with Crippen molar-refractivity contribution in [2.45, 2.75) is 25.4 Å². The van der Waals surface area contributed by atoms with Crippen LogP contribution in [0.25, 0.3) is 11.3 Å². The zero-order chi connectivity index (χ0) is 17.1. The van der Waals surface area contributed by atoms with E-state index in [9.17, 15) is 0 Å². The van der Waals surface area contributed by atoms with E-state index in [0.29, 0.717) is 6.04 Å². The molecule has 8 nitrogen and oxygen atoms in total. The molecule has 1 aliphatic rings. The molecule has 130 valence electrons. The zero-order valence-electron chi connectivity index (χ0n) is 14.2. The van der Waals surface area contributed by atoms with Crippen LogP contribution in [-0.4, -0.2) is 49.2 Å². The summed E-state index contributed by atoms with van der Waals surface area (Å²) in [4.78, 5) is 2.39. The molecule has 4 heterocycles.